The third-order valence-electron chi connectivity index (χ3n) is 3.88. The van der Waals surface area contributed by atoms with E-state index in [9.17, 15) is 9.65 Å². The van der Waals surface area contributed by atoms with Gasteiger partial charge in [-0.15, -0.1) is 0 Å². The van der Waals surface area contributed by atoms with Gasteiger partial charge in [-0.2, -0.15) is 5.26 Å². The Morgan fingerprint density at radius 3 is 2.29 bits per heavy atom. The fourth-order valence-electron chi connectivity index (χ4n) is 2.54. The third kappa shape index (κ3) is 5.67. The molecule has 6 heteroatoms. The second-order valence-corrected chi connectivity index (χ2v) is 9.48. The number of hydrogen-bond donors (Lipinski definition) is 0. The Morgan fingerprint density at radius 1 is 1.00 bits per heavy atom. The molecule has 0 radical (unpaired) electrons. The Bertz CT molecular complexity index is 1050. The van der Waals surface area contributed by atoms with E-state index in [1.54, 1.807) is 18.2 Å². The summed E-state index contributed by atoms with van der Waals surface area (Å²) >= 11 is 6.75. The van der Waals surface area contributed by atoms with Gasteiger partial charge < -0.3 is 4.74 Å². The molecule has 0 atom stereocenters. The Hall–Kier alpha value is -1.19. The fourth-order valence-corrected chi connectivity index (χ4v) is 5.03. The first kappa shape index (κ1) is 21.5. The van der Waals surface area contributed by atoms with E-state index >= 15 is 0 Å². The van der Waals surface area contributed by atoms with Crippen molar-refractivity contribution in [3.63, 3.8) is 0 Å². The summed E-state index contributed by atoms with van der Waals surface area (Å²) < 4.78 is 22.6. The molecule has 0 bridgehead atoms. The van der Waals surface area contributed by atoms with Crippen molar-refractivity contribution in [3.8, 4) is 11.8 Å². The molecule has 0 amide bonds. The van der Waals surface area contributed by atoms with Crippen LogP contribution in [0, 0.1) is 27.9 Å². The van der Waals surface area contributed by atoms with Crippen LogP contribution in [0.3, 0.4) is 0 Å². The minimum atomic E-state index is -0.359. The third-order valence-corrected chi connectivity index (χ3v) is 6.21. The number of ether oxygens (including phenoxy) is 1. The van der Waals surface area contributed by atoms with Crippen molar-refractivity contribution in [1.82, 2.24) is 0 Å². The summed E-state index contributed by atoms with van der Waals surface area (Å²) in [4.78, 5) is 0. The largest absolute Gasteiger partial charge is 0.487 e. The fraction of sp³-hybridized carbons (Fsp3) is 0.0455. The summed E-state index contributed by atoms with van der Waals surface area (Å²) in [6.07, 6.45) is 1.77. The zero-order chi connectivity index (χ0) is 20.1. The number of rotatable bonds is 5. The Balaban J connectivity index is 1.84. The molecule has 0 fully saturated rings. The maximum absolute atomic E-state index is 13.5. The first-order valence-electron chi connectivity index (χ1n) is 8.20. The van der Waals surface area contributed by atoms with Crippen LogP contribution in [0.2, 0.25) is 0 Å². The lowest BCUT2D eigenvalue weighted by molar-refractivity contribution is 0.301. The highest BCUT2D eigenvalue weighted by atomic mass is 127. The monoisotopic (exact) mass is 707 g/mol. The minimum absolute atomic E-state index is 0.359. The number of nitriles is 1. The summed E-state index contributed by atoms with van der Waals surface area (Å²) in [6, 6.07) is 20.4. The zero-order valence-electron chi connectivity index (χ0n) is 14.4. The van der Waals surface area contributed by atoms with Crippen LogP contribution >= 0.6 is 67.8 Å². The SMILES string of the molecule is N#C/C(=C/c1cc(I)c(OCc2ccc(I)cc2)c(I)c1)c1cccc(F)c1. The van der Waals surface area contributed by atoms with Gasteiger partial charge in [-0.1, -0.05) is 24.3 Å². The number of halogens is 4. The van der Waals surface area contributed by atoms with Crippen molar-refractivity contribution in [3.05, 3.63) is 93.9 Å². The summed E-state index contributed by atoms with van der Waals surface area (Å²) in [6.45, 7) is 0.491. The van der Waals surface area contributed by atoms with E-state index in [0.29, 0.717) is 17.7 Å². The molecule has 3 aromatic rings. The lowest BCUT2D eigenvalue weighted by atomic mass is 10.0. The van der Waals surface area contributed by atoms with Crippen molar-refractivity contribution in [2.45, 2.75) is 6.61 Å². The van der Waals surface area contributed by atoms with E-state index in [0.717, 1.165) is 24.0 Å². The van der Waals surface area contributed by atoms with Crippen LogP contribution in [0.5, 0.6) is 5.75 Å². The van der Waals surface area contributed by atoms with Gasteiger partial charge in [0.25, 0.3) is 0 Å². The van der Waals surface area contributed by atoms with Crippen LogP contribution in [0.4, 0.5) is 4.39 Å². The summed E-state index contributed by atoms with van der Waals surface area (Å²) in [7, 11) is 0. The van der Waals surface area contributed by atoms with Crippen LogP contribution in [0.15, 0.2) is 60.7 Å². The van der Waals surface area contributed by atoms with Crippen molar-refractivity contribution in [2.75, 3.05) is 0 Å². The molecule has 0 aliphatic heterocycles. The van der Waals surface area contributed by atoms with Crippen molar-refractivity contribution in [2.24, 2.45) is 0 Å². The molecule has 0 aliphatic rings. The normalized spacial score (nSPS) is 11.2. The highest BCUT2D eigenvalue weighted by Gasteiger charge is 2.10. The van der Waals surface area contributed by atoms with E-state index in [-0.39, 0.29) is 5.82 Å². The molecule has 0 N–H and O–H groups in total. The smallest absolute Gasteiger partial charge is 0.146 e. The quantitative estimate of drug-likeness (QED) is 0.159. The van der Waals surface area contributed by atoms with E-state index in [1.807, 2.05) is 12.1 Å². The van der Waals surface area contributed by atoms with Crippen molar-refractivity contribution in [1.29, 1.82) is 5.26 Å². The van der Waals surface area contributed by atoms with Crippen LogP contribution in [-0.2, 0) is 6.61 Å². The molecule has 0 spiro atoms. The van der Waals surface area contributed by atoms with Gasteiger partial charge in [0.1, 0.15) is 18.2 Å². The first-order valence-corrected chi connectivity index (χ1v) is 11.4. The van der Waals surface area contributed by atoms with E-state index < -0.39 is 0 Å². The molecule has 3 aromatic carbocycles. The molecule has 0 aromatic heterocycles. The predicted molar refractivity (Wildman–Crippen MR) is 135 cm³/mol. The molecule has 28 heavy (non-hydrogen) atoms. The van der Waals surface area contributed by atoms with Crippen LogP contribution in [0.25, 0.3) is 11.6 Å². The molecule has 0 saturated heterocycles. The molecule has 140 valence electrons. The minimum Gasteiger partial charge on any atom is -0.487 e. The lowest BCUT2D eigenvalue weighted by Gasteiger charge is -2.12. The van der Waals surface area contributed by atoms with Gasteiger partial charge in [0.15, 0.2) is 0 Å². The number of nitrogens with zero attached hydrogens (tertiary/aromatic N) is 1. The topological polar surface area (TPSA) is 33.0 Å². The molecule has 3 rings (SSSR count). The highest BCUT2D eigenvalue weighted by Crippen LogP contribution is 2.31. The van der Waals surface area contributed by atoms with E-state index in [1.165, 1.54) is 15.7 Å². The maximum atomic E-state index is 13.5. The average Bonchev–Trinajstić information content (AvgIpc) is 2.67. The first-order chi connectivity index (χ1) is 13.5. The van der Waals surface area contributed by atoms with E-state index in [4.69, 9.17) is 4.74 Å². The lowest BCUT2D eigenvalue weighted by Crippen LogP contribution is -1.99. The maximum Gasteiger partial charge on any atom is 0.146 e. The van der Waals surface area contributed by atoms with Crippen LogP contribution < -0.4 is 4.74 Å². The summed E-state index contributed by atoms with van der Waals surface area (Å²) in [5.74, 6) is 0.461. The highest BCUT2D eigenvalue weighted by molar-refractivity contribution is 14.1. The van der Waals surface area contributed by atoms with Gasteiger partial charge in [0.2, 0.25) is 0 Å². The molecule has 0 saturated carbocycles. The second-order valence-electron chi connectivity index (χ2n) is 5.91. The predicted octanol–water partition coefficient (Wildman–Crippen LogP) is 7.28. The van der Waals surface area contributed by atoms with Gasteiger partial charge in [-0.25, -0.2) is 4.39 Å². The van der Waals surface area contributed by atoms with Gasteiger partial charge in [0, 0.05) is 3.57 Å². The number of allylic oxidation sites excluding steroid dienone is 1. The molecule has 2 nitrogen and oxygen atoms in total. The molecule has 0 unspecified atom stereocenters. The van der Waals surface area contributed by atoms with Crippen LogP contribution in [0.1, 0.15) is 16.7 Å². The standard InChI is InChI=1S/C22H13FI3NO/c23-18-3-1-2-16(11-18)17(12-27)8-15-9-20(25)22(21(26)10-15)28-13-14-4-6-19(24)7-5-14/h1-11H,13H2/b17-8-. The van der Waals surface area contributed by atoms with Crippen LogP contribution in [-0.4, -0.2) is 0 Å². The Labute approximate surface area is 204 Å². The summed E-state index contributed by atoms with van der Waals surface area (Å²) in [5, 5.41) is 9.48. The van der Waals surface area contributed by atoms with Gasteiger partial charge in [-0.3, -0.25) is 0 Å². The molecular formula is C22H13FI3NO. The summed E-state index contributed by atoms with van der Waals surface area (Å²) in [5.41, 5.74) is 2.95. The number of hydrogen-bond acceptors (Lipinski definition) is 2. The Morgan fingerprint density at radius 2 is 1.68 bits per heavy atom. The number of benzene rings is 3. The molecule has 0 aliphatic carbocycles. The molecule has 0 heterocycles. The molecular weight excluding hydrogens is 694 g/mol. The van der Waals surface area contributed by atoms with Crippen molar-refractivity contribution < 1.29 is 9.13 Å². The van der Waals surface area contributed by atoms with Gasteiger partial charge in [0.05, 0.1) is 18.8 Å². The van der Waals surface area contributed by atoms with Gasteiger partial charge in [-0.05, 0) is 127 Å². The van der Waals surface area contributed by atoms with Crippen molar-refractivity contribution >= 4 is 79.4 Å². The van der Waals surface area contributed by atoms with Gasteiger partial charge >= 0.3 is 0 Å². The second kappa shape index (κ2) is 10.0. The zero-order valence-corrected chi connectivity index (χ0v) is 20.9. The Kier molecular flexibility index (Phi) is 7.70. The van der Waals surface area contributed by atoms with E-state index in [2.05, 4.69) is 98.1 Å². The average molecular weight is 707 g/mol.